The number of nitrogens with one attached hydrogen (secondary N) is 2. The summed E-state index contributed by atoms with van der Waals surface area (Å²) in [5.74, 6) is 0.808. The van der Waals surface area contributed by atoms with Crippen molar-refractivity contribution in [2.75, 3.05) is 10.6 Å². The SMILES string of the molecule is Brc1ccccc1Nc1ccc(C2CCC2)cc1.Cc1ccc(Nc2ccccc2Br)cc1. The minimum absolute atomic E-state index is 0.808. The Hall–Kier alpha value is -2.56. The summed E-state index contributed by atoms with van der Waals surface area (Å²) in [4.78, 5) is 0. The van der Waals surface area contributed by atoms with Gasteiger partial charge < -0.3 is 10.6 Å². The standard InChI is InChI=1S/C16H16BrN.C13H12BrN/c17-15-6-1-2-7-16(15)18-14-10-8-13(9-11-14)12-4-3-5-12;1-10-6-8-11(9-7-10)15-13-5-3-2-4-12(13)14/h1-2,6-12,18H,3-5H2;2-9,15H,1H3. The van der Waals surface area contributed by atoms with Crippen LogP contribution in [0.4, 0.5) is 22.7 Å². The van der Waals surface area contributed by atoms with Crippen LogP contribution in [0.25, 0.3) is 0 Å². The molecule has 33 heavy (non-hydrogen) atoms. The molecule has 1 aliphatic rings. The van der Waals surface area contributed by atoms with Crippen LogP contribution in [0, 0.1) is 6.92 Å². The number of hydrogen-bond acceptors (Lipinski definition) is 2. The topological polar surface area (TPSA) is 24.1 Å². The molecule has 0 unspecified atom stereocenters. The molecule has 0 aliphatic heterocycles. The predicted octanol–water partition coefficient (Wildman–Crippen LogP) is 9.96. The molecule has 4 aromatic carbocycles. The summed E-state index contributed by atoms with van der Waals surface area (Å²) < 4.78 is 2.17. The Bertz CT molecular complexity index is 1170. The molecule has 0 aromatic heterocycles. The van der Waals surface area contributed by atoms with Crippen molar-refractivity contribution in [3.8, 4) is 0 Å². The van der Waals surface area contributed by atoms with E-state index in [0.29, 0.717) is 0 Å². The monoisotopic (exact) mass is 562 g/mol. The molecule has 0 saturated heterocycles. The lowest BCUT2D eigenvalue weighted by molar-refractivity contribution is 0.420. The van der Waals surface area contributed by atoms with Crippen LogP contribution in [0.3, 0.4) is 0 Å². The Labute approximate surface area is 213 Å². The Balaban J connectivity index is 0.000000160. The van der Waals surface area contributed by atoms with Crippen LogP contribution < -0.4 is 10.6 Å². The Morgan fingerprint density at radius 2 is 1.06 bits per heavy atom. The van der Waals surface area contributed by atoms with Gasteiger partial charge in [0.1, 0.15) is 0 Å². The maximum absolute atomic E-state index is 3.55. The highest BCUT2D eigenvalue weighted by Crippen LogP contribution is 2.37. The van der Waals surface area contributed by atoms with Gasteiger partial charge in [-0.1, -0.05) is 60.5 Å². The van der Waals surface area contributed by atoms with Gasteiger partial charge in [-0.3, -0.25) is 0 Å². The molecular formula is C29H28Br2N2. The van der Waals surface area contributed by atoms with Crippen molar-refractivity contribution in [2.24, 2.45) is 0 Å². The van der Waals surface area contributed by atoms with Crippen molar-refractivity contribution in [2.45, 2.75) is 32.1 Å². The van der Waals surface area contributed by atoms with Gasteiger partial charge in [-0.2, -0.15) is 0 Å². The molecule has 1 saturated carbocycles. The van der Waals surface area contributed by atoms with E-state index in [0.717, 1.165) is 37.6 Å². The summed E-state index contributed by atoms with van der Waals surface area (Å²) in [6.07, 6.45) is 4.11. The minimum atomic E-state index is 0.808. The predicted molar refractivity (Wildman–Crippen MR) is 149 cm³/mol. The Morgan fingerprint density at radius 1 is 0.606 bits per heavy atom. The van der Waals surface area contributed by atoms with Gasteiger partial charge in [-0.25, -0.2) is 0 Å². The van der Waals surface area contributed by atoms with Crippen molar-refractivity contribution >= 4 is 54.6 Å². The van der Waals surface area contributed by atoms with Crippen LogP contribution in [0.2, 0.25) is 0 Å². The van der Waals surface area contributed by atoms with E-state index in [4.69, 9.17) is 0 Å². The molecule has 4 aromatic rings. The lowest BCUT2D eigenvalue weighted by atomic mass is 9.80. The molecule has 2 nitrogen and oxygen atoms in total. The highest BCUT2D eigenvalue weighted by atomic mass is 79.9. The van der Waals surface area contributed by atoms with Gasteiger partial charge in [0, 0.05) is 20.3 Å². The fraction of sp³-hybridized carbons (Fsp3) is 0.172. The fourth-order valence-electron chi connectivity index (χ4n) is 3.65. The second-order valence-electron chi connectivity index (χ2n) is 8.33. The first kappa shape index (κ1) is 23.6. The highest BCUT2D eigenvalue weighted by Gasteiger charge is 2.18. The number of rotatable bonds is 5. The first-order valence-corrected chi connectivity index (χ1v) is 12.9. The molecule has 0 atom stereocenters. The normalized spacial score (nSPS) is 12.8. The van der Waals surface area contributed by atoms with Crippen LogP contribution in [0.15, 0.2) is 106 Å². The third-order valence-electron chi connectivity index (χ3n) is 5.84. The second kappa shape index (κ2) is 11.5. The summed E-state index contributed by atoms with van der Waals surface area (Å²) in [7, 11) is 0. The third kappa shape index (κ3) is 6.72. The van der Waals surface area contributed by atoms with E-state index in [1.807, 2.05) is 42.5 Å². The zero-order valence-electron chi connectivity index (χ0n) is 18.7. The van der Waals surface area contributed by atoms with E-state index < -0.39 is 0 Å². The average molecular weight is 564 g/mol. The molecule has 1 fully saturated rings. The Kier molecular flexibility index (Phi) is 8.25. The van der Waals surface area contributed by atoms with Gasteiger partial charge in [-0.15, -0.1) is 0 Å². The fourth-order valence-corrected chi connectivity index (χ4v) is 4.42. The summed E-state index contributed by atoms with van der Waals surface area (Å²) in [6, 6.07) is 33.5. The Morgan fingerprint density at radius 3 is 1.48 bits per heavy atom. The van der Waals surface area contributed by atoms with Crippen LogP contribution in [-0.4, -0.2) is 0 Å². The van der Waals surface area contributed by atoms with Crippen molar-refractivity contribution < 1.29 is 0 Å². The molecule has 0 amide bonds. The van der Waals surface area contributed by atoms with Gasteiger partial charge in [0.25, 0.3) is 0 Å². The number of para-hydroxylation sites is 2. The number of halogens is 2. The molecule has 1 aliphatic carbocycles. The molecule has 0 bridgehead atoms. The van der Waals surface area contributed by atoms with Crippen molar-refractivity contribution in [1.82, 2.24) is 0 Å². The lowest BCUT2D eigenvalue weighted by Crippen LogP contribution is -2.08. The smallest absolute Gasteiger partial charge is 0.0528 e. The van der Waals surface area contributed by atoms with Crippen molar-refractivity contribution in [3.63, 3.8) is 0 Å². The number of benzene rings is 4. The van der Waals surface area contributed by atoms with Gasteiger partial charge >= 0.3 is 0 Å². The van der Waals surface area contributed by atoms with Gasteiger partial charge in [-0.05, 0) is 112 Å². The van der Waals surface area contributed by atoms with E-state index >= 15 is 0 Å². The van der Waals surface area contributed by atoms with Crippen LogP contribution in [0.5, 0.6) is 0 Å². The number of anilines is 4. The van der Waals surface area contributed by atoms with Crippen molar-refractivity contribution in [1.29, 1.82) is 0 Å². The molecule has 5 rings (SSSR count). The van der Waals surface area contributed by atoms with Gasteiger partial charge in [0.15, 0.2) is 0 Å². The molecule has 168 valence electrons. The zero-order chi connectivity index (χ0) is 23.0. The van der Waals surface area contributed by atoms with Crippen molar-refractivity contribution in [3.05, 3.63) is 117 Å². The molecule has 0 spiro atoms. The van der Waals surface area contributed by atoms with Crippen LogP contribution in [0.1, 0.15) is 36.3 Å². The maximum Gasteiger partial charge on any atom is 0.0528 e. The van der Waals surface area contributed by atoms with E-state index in [1.54, 1.807) is 0 Å². The number of hydrogen-bond donors (Lipinski definition) is 2. The van der Waals surface area contributed by atoms with E-state index in [9.17, 15) is 0 Å². The van der Waals surface area contributed by atoms with E-state index in [2.05, 4.69) is 104 Å². The summed E-state index contributed by atoms with van der Waals surface area (Å²) in [5, 5.41) is 6.78. The molecule has 0 radical (unpaired) electrons. The first-order valence-electron chi connectivity index (χ1n) is 11.3. The zero-order valence-corrected chi connectivity index (χ0v) is 21.9. The molecule has 0 heterocycles. The lowest BCUT2D eigenvalue weighted by Gasteiger charge is -2.25. The number of aryl methyl sites for hydroxylation is 1. The maximum atomic E-state index is 3.55. The average Bonchev–Trinajstić information content (AvgIpc) is 2.79. The first-order chi connectivity index (χ1) is 16.1. The summed E-state index contributed by atoms with van der Waals surface area (Å²) in [5.41, 5.74) is 7.19. The molecular weight excluding hydrogens is 536 g/mol. The molecule has 2 N–H and O–H groups in total. The quantitative estimate of drug-likeness (QED) is 0.252. The van der Waals surface area contributed by atoms with Gasteiger partial charge in [0.05, 0.1) is 11.4 Å². The molecule has 4 heteroatoms. The summed E-state index contributed by atoms with van der Waals surface area (Å²) >= 11 is 7.05. The van der Waals surface area contributed by atoms with E-state index in [-0.39, 0.29) is 0 Å². The van der Waals surface area contributed by atoms with E-state index in [1.165, 1.54) is 30.4 Å². The summed E-state index contributed by atoms with van der Waals surface area (Å²) in [6.45, 7) is 2.09. The highest BCUT2D eigenvalue weighted by molar-refractivity contribution is 9.11. The minimum Gasteiger partial charge on any atom is -0.355 e. The van der Waals surface area contributed by atoms with Crippen LogP contribution >= 0.6 is 31.9 Å². The second-order valence-corrected chi connectivity index (χ2v) is 10.0. The van der Waals surface area contributed by atoms with Crippen LogP contribution in [-0.2, 0) is 0 Å². The van der Waals surface area contributed by atoms with Gasteiger partial charge in [0.2, 0.25) is 0 Å². The third-order valence-corrected chi connectivity index (χ3v) is 7.23. The largest absolute Gasteiger partial charge is 0.355 e.